The maximum atomic E-state index is 13.1. The van der Waals surface area contributed by atoms with Crippen LogP contribution in [0.5, 0.6) is 0 Å². The summed E-state index contributed by atoms with van der Waals surface area (Å²) in [6.45, 7) is 0.415. The van der Waals surface area contributed by atoms with E-state index >= 15 is 0 Å². The number of rotatable bonds is 5. The van der Waals surface area contributed by atoms with Gasteiger partial charge in [0.25, 0.3) is 0 Å². The molecular formula is C20H17FN2O2. The molecule has 1 fully saturated rings. The fourth-order valence-electron chi connectivity index (χ4n) is 3.04. The Morgan fingerprint density at radius 1 is 1.20 bits per heavy atom. The van der Waals surface area contributed by atoms with Crippen molar-refractivity contribution in [3.05, 3.63) is 77.9 Å². The maximum absolute atomic E-state index is 13.1. The third-order valence-corrected chi connectivity index (χ3v) is 4.63. The first-order valence-electron chi connectivity index (χ1n) is 8.21. The number of nitrogens with zero attached hydrogens (tertiary/aromatic N) is 1. The quantitative estimate of drug-likeness (QED) is 0.770. The van der Waals surface area contributed by atoms with Gasteiger partial charge in [0.2, 0.25) is 5.91 Å². The highest BCUT2D eigenvalue weighted by Gasteiger charge is 2.51. The highest BCUT2D eigenvalue weighted by molar-refractivity contribution is 5.91. The van der Waals surface area contributed by atoms with Gasteiger partial charge in [-0.15, -0.1) is 0 Å². The Kier molecular flexibility index (Phi) is 3.84. The first-order chi connectivity index (χ1) is 12.2. The summed E-state index contributed by atoms with van der Waals surface area (Å²) in [6, 6.07) is 13.6. The number of pyridine rings is 1. The van der Waals surface area contributed by atoms with Crippen LogP contribution in [-0.2, 0) is 16.8 Å². The zero-order valence-corrected chi connectivity index (χ0v) is 13.5. The number of halogens is 1. The number of benzene rings is 1. The molecule has 0 spiro atoms. The van der Waals surface area contributed by atoms with Crippen molar-refractivity contribution in [3.8, 4) is 11.5 Å². The molecular weight excluding hydrogens is 319 g/mol. The monoisotopic (exact) mass is 336 g/mol. The summed E-state index contributed by atoms with van der Waals surface area (Å²) in [5, 5.41) is 3.00. The minimum absolute atomic E-state index is 0.0181. The average molecular weight is 336 g/mol. The molecule has 4 rings (SSSR count). The molecule has 1 aliphatic carbocycles. The number of amides is 1. The number of carbonyl (C=O) groups is 1. The number of furan rings is 1. The number of aromatic nitrogens is 1. The van der Waals surface area contributed by atoms with Crippen molar-refractivity contribution in [1.82, 2.24) is 10.3 Å². The fraction of sp³-hybridized carbons (Fsp3) is 0.200. The van der Waals surface area contributed by atoms with Gasteiger partial charge in [-0.05, 0) is 60.4 Å². The zero-order valence-electron chi connectivity index (χ0n) is 13.5. The largest absolute Gasteiger partial charge is 0.463 e. The van der Waals surface area contributed by atoms with Crippen LogP contribution in [0, 0.1) is 5.82 Å². The second-order valence-electron chi connectivity index (χ2n) is 6.30. The van der Waals surface area contributed by atoms with Crippen molar-refractivity contribution in [2.75, 3.05) is 0 Å². The number of carbonyl (C=O) groups excluding carboxylic acids is 1. The van der Waals surface area contributed by atoms with Gasteiger partial charge in [0.15, 0.2) is 5.76 Å². The van der Waals surface area contributed by atoms with Crippen LogP contribution in [0.3, 0.4) is 0 Å². The van der Waals surface area contributed by atoms with Gasteiger partial charge in [-0.1, -0.05) is 12.1 Å². The molecule has 0 bridgehead atoms. The lowest BCUT2D eigenvalue weighted by molar-refractivity contribution is -0.123. The van der Waals surface area contributed by atoms with E-state index in [4.69, 9.17) is 4.42 Å². The van der Waals surface area contributed by atoms with E-state index < -0.39 is 5.41 Å². The fourth-order valence-corrected chi connectivity index (χ4v) is 3.04. The smallest absolute Gasteiger partial charge is 0.230 e. The van der Waals surface area contributed by atoms with E-state index in [-0.39, 0.29) is 11.7 Å². The minimum atomic E-state index is -0.509. The molecule has 1 amide bonds. The summed E-state index contributed by atoms with van der Waals surface area (Å²) in [6.07, 6.45) is 4.88. The maximum Gasteiger partial charge on any atom is 0.230 e. The molecule has 2 aromatic heterocycles. The van der Waals surface area contributed by atoms with Crippen molar-refractivity contribution in [3.63, 3.8) is 0 Å². The Hall–Kier alpha value is -2.95. The van der Waals surface area contributed by atoms with Crippen molar-refractivity contribution < 1.29 is 13.6 Å². The summed E-state index contributed by atoms with van der Waals surface area (Å²) >= 11 is 0. The summed E-state index contributed by atoms with van der Waals surface area (Å²) in [5.41, 5.74) is 2.04. The van der Waals surface area contributed by atoms with Crippen LogP contribution in [-0.4, -0.2) is 10.9 Å². The lowest BCUT2D eigenvalue weighted by atomic mass is 9.95. The topological polar surface area (TPSA) is 55.1 Å². The summed E-state index contributed by atoms with van der Waals surface area (Å²) in [4.78, 5) is 16.9. The minimum Gasteiger partial charge on any atom is -0.463 e. The van der Waals surface area contributed by atoms with Crippen LogP contribution in [0.2, 0.25) is 0 Å². The SMILES string of the molecule is O=C(NCc1ccnc(-c2ccco2)c1)C1(c2ccc(F)cc2)CC1. The van der Waals surface area contributed by atoms with Gasteiger partial charge >= 0.3 is 0 Å². The molecule has 0 unspecified atom stereocenters. The lowest BCUT2D eigenvalue weighted by Gasteiger charge is -2.16. The second kappa shape index (κ2) is 6.16. The molecule has 3 aromatic rings. The van der Waals surface area contributed by atoms with Gasteiger partial charge < -0.3 is 9.73 Å². The summed E-state index contributed by atoms with van der Waals surface area (Å²) < 4.78 is 18.5. The second-order valence-corrected chi connectivity index (χ2v) is 6.30. The predicted molar refractivity (Wildman–Crippen MR) is 91.1 cm³/mol. The molecule has 1 aromatic carbocycles. The van der Waals surface area contributed by atoms with E-state index in [1.165, 1.54) is 12.1 Å². The van der Waals surface area contributed by atoms with Crippen molar-refractivity contribution >= 4 is 5.91 Å². The average Bonchev–Trinajstić information content (AvgIpc) is 3.26. The van der Waals surface area contributed by atoms with Gasteiger partial charge in [0.1, 0.15) is 11.5 Å². The van der Waals surface area contributed by atoms with Gasteiger partial charge in [-0.25, -0.2) is 4.39 Å². The summed E-state index contributed by atoms with van der Waals surface area (Å²) in [5.74, 6) is 0.385. The van der Waals surface area contributed by atoms with E-state index in [2.05, 4.69) is 10.3 Å². The Bertz CT molecular complexity index is 884. The molecule has 4 nitrogen and oxygen atoms in total. The van der Waals surface area contributed by atoms with Crippen molar-refractivity contribution in [1.29, 1.82) is 0 Å². The van der Waals surface area contributed by atoms with Crippen LogP contribution in [0.1, 0.15) is 24.0 Å². The molecule has 126 valence electrons. The highest BCUT2D eigenvalue weighted by atomic mass is 19.1. The third-order valence-electron chi connectivity index (χ3n) is 4.63. The number of nitrogens with one attached hydrogen (secondary N) is 1. The van der Waals surface area contributed by atoms with Crippen LogP contribution in [0.15, 0.2) is 65.4 Å². The Labute approximate surface area is 144 Å². The third kappa shape index (κ3) is 3.05. The van der Waals surface area contributed by atoms with Crippen LogP contribution < -0.4 is 5.32 Å². The summed E-state index contributed by atoms with van der Waals surface area (Å²) in [7, 11) is 0. The molecule has 25 heavy (non-hydrogen) atoms. The normalized spacial score (nSPS) is 14.9. The van der Waals surface area contributed by atoms with Gasteiger partial charge in [-0.3, -0.25) is 9.78 Å². The Balaban J connectivity index is 1.46. The Morgan fingerprint density at radius 2 is 2.00 bits per heavy atom. The predicted octanol–water partition coefficient (Wildman–Crippen LogP) is 3.83. The first-order valence-corrected chi connectivity index (χ1v) is 8.21. The molecule has 0 radical (unpaired) electrons. The molecule has 0 aliphatic heterocycles. The molecule has 1 saturated carbocycles. The van der Waals surface area contributed by atoms with E-state index in [1.807, 2.05) is 24.3 Å². The number of hydrogen-bond acceptors (Lipinski definition) is 3. The molecule has 1 N–H and O–H groups in total. The van der Waals surface area contributed by atoms with Crippen molar-refractivity contribution in [2.24, 2.45) is 0 Å². The highest BCUT2D eigenvalue weighted by Crippen LogP contribution is 2.48. The molecule has 5 heteroatoms. The number of hydrogen-bond donors (Lipinski definition) is 1. The van der Waals surface area contributed by atoms with Crippen LogP contribution in [0.25, 0.3) is 11.5 Å². The van der Waals surface area contributed by atoms with E-state index in [1.54, 1.807) is 24.6 Å². The van der Waals surface area contributed by atoms with Crippen LogP contribution in [0.4, 0.5) is 4.39 Å². The van der Waals surface area contributed by atoms with Gasteiger partial charge in [0, 0.05) is 12.7 Å². The molecule has 0 atom stereocenters. The van der Waals surface area contributed by atoms with Crippen LogP contribution >= 0.6 is 0 Å². The molecule has 0 saturated heterocycles. The van der Waals surface area contributed by atoms with Gasteiger partial charge in [-0.2, -0.15) is 0 Å². The first kappa shape index (κ1) is 15.6. The van der Waals surface area contributed by atoms with E-state index in [0.29, 0.717) is 12.3 Å². The van der Waals surface area contributed by atoms with Crippen molar-refractivity contribution in [2.45, 2.75) is 24.8 Å². The lowest BCUT2D eigenvalue weighted by Crippen LogP contribution is -2.34. The standard InChI is InChI=1S/C20H17FN2O2/c21-16-5-3-15(4-6-16)20(8-9-20)19(24)23-13-14-7-10-22-17(12-14)18-2-1-11-25-18/h1-7,10-12H,8-9,13H2,(H,23,24). The van der Waals surface area contributed by atoms with E-state index in [0.717, 1.165) is 29.7 Å². The molecule has 2 heterocycles. The zero-order chi connectivity index (χ0) is 17.3. The molecule has 1 aliphatic rings. The van der Waals surface area contributed by atoms with Gasteiger partial charge in [0.05, 0.1) is 11.7 Å². The Morgan fingerprint density at radius 3 is 2.68 bits per heavy atom. The van der Waals surface area contributed by atoms with E-state index in [9.17, 15) is 9.18 Å².